The fourth-order valence-electron chi connectivity index (χ4n) is 2.84. The number of hydrogen-bond acceptors (Lipinski definition) is 3. The minimum atomic E-state index is 0.238. The van der Waals surface area contributed by atoms with Crippen molar-refractivity contribution in [3.05, 3.63) is 23.8 Å². The van der Waals surface area contributed by atoms with Gasteiger partial charge in [0.15, 0.2) is 0 Å². The Morgan fingerprint density at radius 3 is 2.52 bits per heavy atom. The summed E-state index contributed by atoms with van der Waals surface area (Å²) in [4.78, 5) is 14.7. The number of ether oxygens (including phenoxy) is 2. The first kappa shape index (κ1) is 14.2. The van der Waals surface area contributed by atoms with Crippen LogP contribution in [0.4, 0.5) is 0 Å². The minimum Gasteiger partial charge on any atom is -0.497 e. The van der Waals surface area contributed by atoms with Crippen molar-refractivity contribution in [2.24, 2.45) is 11.8 Å². The van der Waals surface area contributed by atoms with Crippen LogP contribution in [0.3, 0.4) is 0 Å². The van der Waals surface area contributed by atoms with Crippen LogP contribution in [0.5, 0.6) is 11.5 Å². The molecule has 0 saturated heterocycles. The van der Waals surface area contributed by atoms with E-state index in [9.17, 15) is 4.79 Å². The molecule has 2 atom stereocenters. The van der Waals surface area contributed by atoms with Crippen molar-refractivity contribution >= 4 is 5.91 Å². The lowest BCUT2D eigenvalue weighted by molar-refractivity contribution is -0.134. The molecule has 2 saturated carbocycles. The van der Waals surface area contributed by atoms with Gasteiger partial charge in [-0.1, -0.05) is 6.92 Å². The van der Waals surface area contributed by atoms with Gasteiger partial charge in [0.2, 0.25) is 5.91 Å². The van der Waals surface area contributed by atoms with Crippen LogP contribution in [0.1, 0.15) is 31.7 Å². The van der Waals surface area contributed by atoms with Gasteiger partial charge >= 0.3 is 0 Å². The molecule has 2 aliphatic carbocycles. The molecular weight excluding hydrogens is 266 g/mol. The molecule has 2 unspecified atom stereocenters. The van der Waals surface area contributed by atoms with Gasteiger partial charge in [-0.3, -0.25) is 4.79 Å². The number of carbonyl (C=O) groups is 1. The van der Waals surface area contributed by atoms with Gasteiger partial charge in [0.25, 0.3) is 0 Å². The Hall–Kier alpha value is -1.71. The van der Waals surface area contributed by atoms with E-state index in [0.717, 1.165) is 36.3 Å². The van der Waals surface area contributed by atoms with Gasteiger partial charge in [0, 0.05) is 24.1 Å². The predicted octanol–water partition coefficient (Wildman–Crippen LogP) is 2.85. The van der Waals surface area contributed by atoms with E-state index in [1.54, 1.807) is 14.2 Å². The number of nitrogens with zero attached hydrogens (tertiary/aromatic N) is 1. The molecule has 21 heavy (non-hydrogen) atoms. The molecule has 4 nitrogen and oxygen atoms in total. The number of carbonyl (C=O) groups excluding carboxylic acids is 1. The molecule has 0 N–H and O–H groups in total. The third kappa shape index (κ3) is 2.99. The average molecular weight is 289 g/mol. The van der Waals surface area contributed by atoms with Crippen LogP contribution < -0.4 is 9.47 Å². The molecule has 114 valence electrons. The molecule has 0 spiro atoms. The molecule has 4 heteroatoms. The normalized spacial score (nSPS) is 23.6. The van der Waals surface area contributed by atoms with E-state index < -0.39 is 0 Å². The third-order valence-corrected chi connectivity index (χ3v) is 4.53. The molecule has 0 heterocycles. The van der Waals surface area contributed by atoms with Gasteiger partial charge in [-0.05, 0) is 43.4 Å². The summed E-state index contributed by atoms with van der Waals surface area (Å²) in [7, 11) is 3.32. The predicted molar refractivity (Wildman–Crippen MR) is 80.4 cm³/mol. The molecule has 0 bridgehead atoms. The van der Waals surface area contributed by atoms with Crippen molar-refractivity contribution in [3.63, 3.8) is 0 Å². The number of hydrogen-bond donors (Lipinski definition) is 0. The van der Waals surface area contributed by atoms with E-state index >= 15 is 0 Å². The smallest absolute Gasteiger partial charge is 0.226 e. The summed E-state index contributed by atoms with van der Waals surface area (Å²) < 4.78 is 10.7. The molecule has 1 aromatic rings. The lowest BCUT2D eigenvalue weighted by Crippen LogP contribution is -2.34. The molecule has 3 rings (SSSR count). The highest BCUT2D eigenvalue weighted by Gasteiger charge is 2.45. The third-order valence-electron chi connectivity index (χ3n) is 4.53. The minimum absolute atomic E-state index is 0.238. The molecule has 2 fully saturated rings. The summed E-state index contributed by atoms with van der Waals surface area (Å²) in [5.41, 5.74) is 1.02. The SMILES string of the molecule is COc1ccc(OC)c(CN(C(=O)C2CC2C)C2CC2)c1. The zero-order chi connectivity index (χ0) is 15.0. The Bertz CT molecular complexity index is 539. The van der Waals surface area contributed by atoms with Gasteiger partial charge in [0.05, 0.1) is 14.2 Å². The summed E-state index contributed by atoms with van der Waals surface area (Å²) in [5, 5.41) is 0. The highest BCUT2D eigenvalue weighted by atomic mass is 16.5. The topological polar surface area (TPSA) is 38.8 Å². The summed E-state index contributed by atoms with van der Waals surface area (Å²) >= 11 is 0. The standard InChI is InChI=1S/C17H23NO3/c1-11-8-15(11)17(19)18(13-4-5-13)10-12-9-14(20-2)6-7-16(12)21-3/h6-7,9,11,13,15H,4-5,8,10H2,1-3H3. The average Bonchev–Trinajstić information content (AvgIpc) is 3.40. The highest BCUT2D eigenvalue weighted by Crippen LogP contribution is 2.42. The maximum absolute atomic E-state index is 12.6. The second kappa shape index (κ2) is 5.58. The lowest BCUT2D eigenvalue weighted by atomic mass is 10.1. The zero-order valence-corrected chi connectivity index (χ0v) is 13.0. The van der Waals surface area contributed by atoms with E-state index in [0.29, 0.717) is 24.4 Å². The maximum Gasteiger partial charge on any atom is 0.226 e. The Balaban J connectivity index is 1.80. The second-order valence-corrected chi connectivity index (χ2v) is 6.19. The summed E-state index contributed by atoms with van der Waals surface area (Å²) in [5.74, 6) is 2.72. The van der Waals surface area contributed by atoms with Crippen LogP contribution in [0.2, 0.25) is 0 Å². The quantitative estimate of drug-likeness (QED) is 0.808. The first-order chi connectivity index (χ1) is 10.1. The van der Waals surface area contributed by atoms with Crippen molar-refractivity contribution in [3.8, 4) is 11.5 Å². The molecule has 1 aromatic carbocycles. The Kier molecular flexibility index (Phi) is 3.79. The van der Waals surface area contributed by atoms with Crippen LogP contribution in [0.15, 0.2) is 18.2 Å². The summed E-state index contributed by atoms with van der Waals surface area (Å²) in [6.07, 6.45) is 3.29. The second-order valence-electron chi connectivity index (χ2n) is 6.19. The largest absolute Gasteiger partial charge is 0.497 e. The highest BCUT2D eigenvalue weighted by molar-refractivity contribution is 5.82. The molecule has 0 aliphatic heterocycles. The van der Waals surface area contributed by atoms with Crippen LogP contribution in [0, 0.1) is 11.8 Å². The van der Waals surface area contributed by atoms with E-state index in [1.165, 1.54) is 0 Å². The van der Waals surface area contributed by atoms with Gasteiger partial charge in [0.1, 0.15) is 11.5 Å². The van der Waals surface area contributed by atoms with Gasteiger partial charge in [-0.25, -0.2) is 0 Å². The van der Waals surface area contributed by atoms with E-state index in [1.807, 2.05) is 23.1 Å². The molecule has 0 radical (unpaired) electrons. The Morgan fingerprint density at radius 1 is 1.29 bits per heavy atom. The lowest BCUT2D eigenvalue weighted by Gasteiger charge is -2.24. The van der Waals surface area contributed by atoms with Crippen molar-refractivity contribution in [1.29, 1.82) is 0 Å². The van der Waals surface area contributed by atoms with E-state index in [-0.39, 0.29) is 5.92 Å². The monoisotopic (exact) mass is 289 g/mol. The van der Waals surface area contributed by atoms with Crippen LogP contribution in [-0.2, 0) is 11.3 Å². The van der Waals surface area contributed by atoms with E-state index in [2.05, 4.69) is 6.92 Å². The van der Waals surface area contributed by atoms with Crippen LogP contribution >= 0.6 is 0 Å². The number of methoxy groups -OCH3 is 2. The number of benzene rings is 1. The molecule has 0 aromatic heterocycles. The first-order valence-electron chi connectivity index (χ1n) is 7.65. The van der Waals surface area contributed by atoms with Gasteiger partial charge in [-0.15, -0.1) is 0 Å². The zero-order valence-electron chi connectivity index (χ0n) is 13.0. The fraction of sp³-hybridized carbons (Fsp3) is 0.588. The van der Waals surface area contributed by atoms with Crippen LogP contribution in [0.25, 0.3) is 0 Å². The summed E-state index contributed by atoms with van der Waals surface area (Å²) in [6.45, 7) is 2.77. The fourth-order valence-corrected chi connectivity index (χ4v) is 2.84. The van der Waals surface area contributed by atoms with Crippen molar-refractivity contribution in [2.75, 3.05) is 14.2 Å². The number of rotatable bonds is 6. The molecule has 1 amide bonds. The Morgan fingerprint density at radius 2 is 2.00 bits per heavy atom. The van der Waals surface area contributed by atoms with Crippen LogP contribution in [-0.4, -0.2) is 31.1 Å². The maximum atomic E-state index is 12.6. The Labute approximate surface area is 126 Å². The molecule has 2 aliphatic rings. The van der Waals surface area contributed by atoms with Gasteiger partial charge < -0.3 is 14.4 Å². The van der Waals surface area contributed by atoms with Gasteiger partial charge in [-0.2, -0.15) is 0 Å². The van der Waals surface area contributed by atoms with Crippen molar-refractivity contribution in [2.45, 2.75) is 38.8 Å². The molecular formula is C17H23NO3. The number of amides is 1. The summed E-state index contributed by atoms with van der Waals surface area (Å²) in [6, 6.07) is 6.18. The van der Waals surface area contributed by atoms with Crippen molar-refractivity contribution < 1.29 is 14.3 Å². The first-order valence-corrected chi connectivity index (χ1v) is 7.65. The van der Waals surface area contributed by atoms with E-state index in [4.69, 9.17) is 9.47 Å². The van der Waals surface area contributed by atoms with Crippen molar-refractivity contribution in [1.82, 2.24) is 4.90 Å².